The maximum absolute atomic E-state index is 12.7. The van der Waals surface area contributed by atoms with Gasteiger partial charge in [-0.15, -0.1) is 0 Å². The molecule has 0 saturated carbocycles. The molecule has 4 aromatic rings. The SMILES string of the molecule is COc1ccc(-c2nc(CCC(=O)c3ccccc3OCCF)co2)cc1OCc1ccccc1. The first kappa shape index (κ1) is 24.0. The molecule has 0 spiro atoms. The number of benzene rings is 3. The van der Waals surface area contributed by atoms with E-state index in [1.165, 1.54) is 0 Å². The van der Waals surface area contributed by atoms with Crippen LogP contribution in [0, 0.1) is 0 Å². The van der Waals surface area contributed by atoms with Gasteiger partial charge in [0.1, 0.15) is 31.9 Å². The van der Waals surface area contributed by atoms with E-state index >= 15 is 0 Å². The second-order valence-corrected chi connectivity index (χ2v) is 7.74. The van der Waals surface area contributed by atoms with Crippen molar-refractivity contribution in [3.8, 4) is 28.7 Å². The van der Waals surface area contributed by atoms with Crippen LogP contribution in [0.5, 0.6) is 17.2 Å². The predicted octanol–water partition coefficient (Wildman–Crippen LogP) is 6.09. The highest BCUT2D eigenvalue weighted by molar-refractivity contribution is 5.98. The summed E-state index contributed by atoms with van der Waals surface area (Å²) in [5, 5.41) is 0. The first-order valence-corrected chi connectivity index (χ1v) is 11.3. The zero-order valence-corrected chi connectivity index (χ0v) is 19.4. The van der Waals surface area contributed by atoms with Crippen molar-refractivity contribution in [3.63, 3.8) is 0 Å². The molecule has 0 aliphatic heterocycles. The summed E-state index contributed by atoms with van der Waals surface area (Å²) >= 11 is 0. The van der Waals surface area contributed by atoms with Gasteiger partial charge in [0.15, 0.2) is 17.3 Å². The molecule has 0 unspecified atom stereocenters. The van der Waals surface area contributed by atoms with Crippen molar-refractivity contribution in [2.24, 2.45) is 0 Å². The van der Waals surface area contributed by atoms with Gasteiger partial charge < -0.3 is 18.6 Å². The summed E-state index contributed by atoms with van der Waals surface area (Å²) in [7, 11) is 1.59. The molecule has 0 amide bonds. The third-order valence-corrected chi connectivity index (χ3v) is 5.33. The van der Waals surface area contributed by atoms with Crippen LogP contribution in [-0.2, 0) is 13.0 Å². The van der Waals surface area contributed by atoms with Gasteiger partial charge in [0.25, 0.3) is 0 Å². The number of Topliss-reactive ketones (excluding diaryl/α,β-unsaturated/α-hetero) is 1. The maximum Gasteiger partial charge on any atom is 0.226 e. The summed E-state index contributed by atoms with van der Waals surface area (Å²) in [6.07, 6.45) is 2.16. The van der Waals surface area contributed by atoms with Crippen molar-refractivity contribution in [1.82, 2.24) is 4.98 Å². The lowest BCUT2D eigenvalue weighted by molar-refractivity contribution is 0.0978. The molecule has 0 atom stereocenters. The average molecular weight is 476 g/mol. The number of hydrogen-bond donors (Lipinski definition) is 0. The Kier molecular flexibility index (Phi) is 8.12. The number of alkyl halides is 1. The van der Waals surface area contributed by atoms with Crippen molar-refractivity contribution >= 4 is 5.78 Å². The van der Waals surface area contributed by atoms with Crippen LogP contribution in [0.15, 0.2) is 83.5 Å². The number of oxazole rings is 1. The first-order valence-electron chi connectivity index (χ1n) is 11.3. The number of halogens is 1. The van der Waals surface area contributed by atoms with Gasteiger partial charge in [-0.3, -0.25) is 4.79 Å². The van der Waals surface area contributed by atoms with Crippen LogP contribution >= 0.6 is 0 Å². The summed E-state index contributed by atoms with van der Waals surface area (Å²) in [6, 6.07) is 22.2. The average Bonchev–Trinajstić information content (AvgIpc) is 3.39. The van der Waals surface area contributed by atoms with Crippen molar-refractivity contribution in [1.29, 1.82) is 0 Å². The van der Waals surface area contributed by atoms with Gasteiger partial charge in [0, 0.05) is 18.4 Å². The molecule has 4 rings (SSSR count). The number of hydrogen-bond acceptors (Lipinski definition) is 6. The molecule has 0 fully saturated rings. The number of nitrogens with zero attached hydrogens (tertiary/aromatic N) is 1. The Bertz CT molecular complexity index is 1260. The standard InChI is InChI=1S/C28H26FNO5/c1-32-26-14-11-21(17-27(26)34-18-20-7-3-2-4-8-20)28-30-22(19-35-28)12-13-24(31)23-9-5-6-10-25(23)33-16-15-29/h2-11,14,17,19H,12-13,15-16,18H2,1H3. The number of aryl methyl sites for hydroxylation is 1. The third-order valence-electron chi connectivity index (χ3n) is 5.33. The molecule has 0 N–H and O–H groups in total. The van der Waals surface area contributed by atoms with Crippen molar-refractivity contribution < 1.29 is 27.8 Å². The number of methoxy groups -OCH3 is 1. The zero-order chi connectivity index (χ0) is 24.5. The lowest BCUT2D eigenvalue weighted by atomic mass is 10.0. The van der Waals surface area contributed by atoms with Gasteiger partial charge in [0.2, 0.25) is 5.89 Å². The van der Waals surface area contributed by atoms with E-state index in [-0.39, 0.29) is 18.8 Å². The number of carbonyl (C=O) groups excluding carboxylic acids is 1. The Morgan fingerprint density at radius 3 is 2.54 bits per heavy atom. The number of rotatable bonds is 12. The van der Waals surface area contributed by atoms with E-state index in [2.05, 4.69) is 4.98 Å². The van der Waals surface area contributed by atoms with E-state index in [1.54, 1.807) is 43.7 Å². The lowest BCUT2D eigenvalue weighted by Crippen LogP contribution is -2.07. The molecule has 0 bridgehead atoms. The largest absolute Gasteiger partial charge is 0.493 e. The Labute approximate surface area is 203 Å². The predicted molar refractivity (Wildman–Crippen MR) is 130 cm³/mol. The lowest BCUT2D eigenvalue weighted by Gasteiger charge is -2.11. The van der Waals surface area contributed by atoms with Gasteiger partial charge in [-0.2, -0.15) is 0 Å². The maximum atomic E-state index is 12.7. The van der Waals surface area contributed by atoms with E-state index in [0.717, 1.165) is 11.1 Å². The molecule has 7 heteroatoms. The molecule has 6 nitrogen and oxygen atoms in total. The molecular formula is C28H26FNO5. The molecule has 35 heavy (non-hydrogen) atoms. The van der Waals surface area contributed by atoms with E-state index < -0.39 is 6.67 Å². The second-order valence-electron chi connectivity index (χ2n) is 7.74. The Balaban J connectivity index is 1.42. The van der Waals surface area contributed by atoms with Gasteiger partial charge in [-0.25, -0.2) is 9.37 Å². The normalized spacial score (nSPS) is 10.7. The zero-order valence-electron chi connectivity index (χ0n) is 19.4. The smallest absolute Gasteiger partial charge is 0.226 e. The Morgan fingerprint density at radius 2 is 1.74 bits per heavy atom. The van der Waals surface area contributed by atoms with Gasteiger partial charge in [-0.1, -0.05) is 42.5 Å². The topological polar surface area (TPSA) is 70.8 Å². The van der Waals surface area contributed by atoms with Crippen LogP contribution < -0.4 is 14.2 Å². The highest BCUT2D eigenvalue weighted by Gasteiger charge is 2.15. The summed E-state index contributed by atoms with van der Waals surface area (Å²) in [5.41, 5.74) is 2.86. The quantitative estimate of drug-likeness (QED) is 0.231. The summed E-state index contributed by atoms with van der Waals surface area (Å²) < 4.78 is 34.9. The van der Waals surface area contributed by atoms with Crippen LogP contribution in [0.1, 0.15) is 28.0 Å². The van der Waals surface area contributed by atoms with E-state index in [9.17, 15) is 9.18 Å². The van der Waals surface area contributed by atoms with Crippen molar-refractivity contribution in [2.45, 2.75) is 19.4 Å². The molecule has 0 aliphatic rings. The van der Waals surface area contributed by atoms with Crippen LogP contribution in [0.2, 0.25) is 0 Å². The van der Waals surface area contributed by atoms with Crippen LogP contribution in [-0.4, -0.2) is 31.2 Å². The molecule has 0 aliphatic carbocycles. The second kappa shape index (κ2) is 11.8. The molecule has 0 radical (unpaired) electrons. The fraction of sp³-hybridized carbons (Fsp3) is 0.214. The number of carbonyl (C=O) groups is 1. The van der Waals surface area contributed by atoms with E-state index in [1.807, 2.05) is 42.5 Å². The molecular weight excluding hydrogens is 449 g/mol. The minimum absolute atomic E-state index is 0.0874. The first-order chi connectivity index (χ1) is 17.2. The number of aromatic nitrogens is 1. The molecule has 1 aromatic heterocycles. The van der Waals surface area contributed by atoms with Gasteiger partial charge in [-0.05, 0) is 35.9 Å². The van der Waals surface area contributed by atoms with Crippen LogP contribution in [0.4, 0.5) is 4.39 Å². The molecule has 3 aromatic carbocycles. The Morgan fingerprint density at radius 1 is 0.943 bits per heavy atom. The molecule has 1 heterocycles. The van der Waals surface area contributed by atoms with Crippen molar-refractivity contribution in [3.05, 3.63) is 95.9 Å². The highest BCUT2D eigenvalue weighted by atomic mass is 19.1. The third kappa shape index (κ3) is 6.26. The number of ketones is 1. The molecule has 180 valence electrons. The van der Waals surface area contributed by atoms with Crippen LogP contribution in [0.25, 0.3) is 11.5 Å². The van der Waals surface area contributed by atoms with E-state index in [0.29, 0.717) is 47.4 Å². The fourth-order valence-corrected chi connectivity index (χ4v) is 3.56. The minimum Gasteiger partial charge on any atom is -0.493 e. The minimum atomic E-state index is -0.616. The fourth-order valence-electron chi connectivity index (χ4n) is 3.56. The molecule has 0 saturated heterocycles. The van der Waals surface area contributed by atoms with Gasteiger partial charge >= 0.3 is 0 Å². The highest BCUT2D eigenvalue weighted by Crippen LogP contribution is 2.33. The number of para-hydroxylation sites is 1. The van der Waals surface area contributed by atoms with Crippen LogP contribution in [0.3, 0.4) is 0 Å². The monoisotopic (exact) mass is 475 g/mol. The number of ether oxygens (including phenoxy) is 3. The summed E-state index contributed by atoms with van der Waals surface area (Å²) in [5.74, 6) is 1.89. The van der Waals surface area contributed by atoms with E-state index in [4.69, 9.17) is 18.6 Å². The van der Waals surface area contributed by atoms with Crippen molar-refractivity contribution in [2.75, 3.05) is 20.4 Å². The summed E-state index contributed by atoms with van der Waals surface area (Å²) in [6.45, 7) is -0.305. The van der Waals surface area contributed by atoms with Gasteiger partial charge in [0.05, 0.1) is 18.4 Å². The summed E-state index contributed by atoms with van der Waals surface area (Å²) in [4.78, 5) is 17.3. The Hall–Kier alpha value is -4.13.